The molecule has 0 bridgehead atoms. The van der Waals surface area contributed by atoms with Gasteiger partial charge in [-0.05, 0) is 25.2 Å². The average molecular weight is 258 g/mol. The Hall–Kier alpha value is -1.30. The Morgan fingerprint density at radius 2 is 2.06 bits per heavy atom. The zero-order chi connectivity index (χ0) is 14.0. The average Bonchev–Trinajstić information content (AvgIpc) is 2.55. The minimum absolute atomic E-state index is 0.0622. The van der Waals surface area contributed by atoms with Crippen LogP contribution in [-0.4, -0.2) is 40.4 Å². The molecule has 104 valence electrons. The predicted octanol–water partition coefficient (Wildman–Crippen LogP) is 0.700. The van der Waals surface area contributed by atoms with Gasteiger partial charge in [0.2, 0.25) is 0 Å². The first kappa shape index (κ1) is 14.8. The topological polar surface area (TPSA) is 98.7 Å². The number of hydrogen-bond acceptors (Lipinski definition) is 3. The van der Waals surface area contributed by atoms with Crippen LogP contribution in [0.25, 0.3) is 0 Å². The number of nitrogens with one attached hydrogen (secondary N) is 2. The normalized spacial score (nSPS) is 25.2. The van der Waals surface area contributed by atoms with Crippen LogP contribution < -0.4 is 10.6 Å². The second-order valence-electron chi connectivity index (χ2n) is 5.84. The monoisotopic (exact) mass is 258 g/mol. The van der Waals surface area contributed by atoms with Crippen LogP contribution in [0.15, 0.2) is 0 Å². The van der Waals surface area contributed by atoms with Gasteiger partial charge in [-0.3, -0.25) is 0 Å². The molecule has 2 atom stereocenters. The second-order valence-corrected chi connectivity index (χ2v) is 5.84. The lowest BCUT2D eigenvalue weighted by molar-refractivity contribution is -0.155. The third kappa shape index (κ3) is 3.60. The molecule has 18 heavy (non-hydrogen) atoms. The summed E-state index contributed by atoms with van der Waals surface area (Å²) in [5, 5.41) is 23.4. The molecule has 2 unspecified atom stereocenters. The minimum Gasteiger partial charge on any atom is -0.479 e. The maximum atomic E-state index is 11.6. The molecule has 0 aromatic rings. The lowest BCUT2D eigenvalue weighted by Gasteiger charge is -2.28. The first-order chi connectivity index (χ1) is 8.15. The molecule has 0 spiro atoms. The summed E-state index contributed by atoms with van der Waals surface area (Å²) in [5.41, 5.74) is -1.88. The van der Waals surface area contributed by atoms with Gasteiger partial charge in [-0.25, -0.2) is 9.59 Å². The second kappa shape index (κ2) is 5.14. The van der Waals surface area contributed by atoms with Gasteiger partial charge in [-0.1, -0.05) is 20.3 Å². The van der Waals surface area contributed by atoms with Crippen LogP contribution in [0.1, 0.15) is 40.0 Å². The van der Waals surface area contributed by atoms with E-state index in [-0.39, 0.29) is 18.0 Å². The van der Waals surface area contributed by atoms with Gasteiger partial charge in [0.25, 0.3) is 0 Å². The van der Waals surface area contributed by atoms with Crippen molar-refractivity contribution in [3.63, 3.8) is 0 Å². The van der Waals surface area contributed by atoms with Crippen molar-refractivity contribution < 1.29 is 19.8 Å². The van der Waals surface area contributed by atoms with Crippen LogP contribution in [0.4, 0.5) is 4.79 Å². The predicted molar refractivity (Wildman–Crippen MR) is 66.2 cm³/mol. The van der Waals surface area contributed by atoms with Crippen molar-refractivity contribution in [3.05, 3.63) is 0 Å². The summed E-state index contributed by atoms with van der Waals surface area (Å²) in [4.78, 5) is 22.3. The lowest BCUT2D eigenvalue weighted by atomic mass is 9.87. The molecule has 0 radical (unpaired) electrons. The number of rotatable bonds is 4. The molecule has 0 aromatic heterocycles. The number of carbonyl (C=O) groups is 2. The van der Waals surface area contributed by atoms with Crippen LogP contribution in [0.2, 0.25) is 0 Å². The molecule has 4 N–H and O–H groups in total. The van der Waals surface area contributed by atoms with E-state index in [0.717, 1.165) is 26.2 Å². The summed E-state index contributed by atoms with van der Waals surface area (Å²) in [7, 11) is 0. The van der Waals surface area contributed by atoms with Crippen molar-refractivity contribution in [1.29, 1.82) is 0 Å². The number of aliphatic carboxylic acids is 1. The molecule has 0 aromatic carbocycles. The Morgan fingerprint density at radius 1 is 1.44 bits per heavy atom. The fourth-order valence-corrected chi connectivity index (χ4v) is 2.13. The fraction of sp³-hybridized carbons (Fsp3) is 0.833. The van der Waals surface area contributed by atoms with E-state index in [4.69, 9.17) is 5.11 Å². The highest BCUT2D eigenvalue weighted by molar-refractivity contribution is 5.79. The number of carboxylic acid groups (broad SMARTS) is 1. The maximum absolute atomic E-state index is 11.6. The molecule has 6 nitrogen and oxygen atoms in total. The number of urea groups is 1. The SMILES string of the molecule is CC(O)(CNC(=O)NC1CCCC1(C)C)C(=O)O. The molecule has 1 aliphatic carbocycles. The molecule has 6 heteroatoms. The van der Waals surface area contributed by atoms with Gasteiger partial charge in [0.15, 0.2) is 5.60 Å². The molecule has 2 amide bonds. The van der Waals surface area contributed by atoms with Gasteiger partial charge in [0.1, 0.15) is 0 Å². The Kier molecular flexibility index (Phi) is 4.21. The van der Waals surface area contributed by atoms with E-state index in [0.29, 0.717) is 0 Å². The van der Waals surface area contributed by atoms with Crippen LogP contribution >= 0.6 is 0 Å². The highest BCUT2D eigenvalue weighted by Gasteiger charge is 2.36. The molecule has 1 rings (SSSR count). The zero-order valence-corrected chi connectivity index (χ0v) is 11.1. The van der Waals surface area contributed by atoms with Gasteiger partial charge < -0.3 is 20.8 Å². The van der Waals surface area contributed by atoms with Crippen LogP contribution in [-0.2, 0) is 4.79 Å². The molecule has 0 saturated heterocycles. The van der Waals surface area contributed by atoms with Gasteiger partial charge >= 0.3 is 12.0 Å². The van der Waals surface area contributed by atoms with E-state index in [2.05, 4.69) is 24.5 Å². The summed E-state index contributed by atoms with van der Waals surface area (Å²) in [6, 6.07) is -0.344. The van der Waals surface area contributed by atoms with E-state index in [1.807, 2.05) is 0 Å². The van der Waals surface area contributed by atoms with Crippen molar-refractivity contribution in [3.8, 4) is 0 Å². The Bertz CT molecular complexity index is 339. The summed E-state index contributed by atoms with van der Waals surface area (Å²) >= 11 is 0. The summed E-state index contributed by atoms with van der Waals surface area (Å²) in [5.74, 6) is -1.36. The van der Waals surface area contributed by atoms with Crippen molar-refractivity contribution in [2.24, 2.45) is 5.41 Å². The summed E-state index contributed by atoms with van der Waals surface area (Å²) < 4.78 is 0. The Morgan fingerprint density at radius 3 is 2.50 bits per heavy atom. The van der Waals surface area contributed by atoms with E-state index in [1.165, 1.54) is 0 Å². The molecule has 1 aliphatic rings. The van der Waals surface area contributed by atoms with Gasteiger partial charge in [-0.15, -0.1) is 0 Å². The van der Waals surface area contributed by atoms with Gasteiger partial charge in [0.05, 0.1) is 6.54 Å². The smallest absolute Gasteiger partial charge is 0.337 e. The molecular weight excluding hydrogens is 236 g/mol. The van der Waals surface area contributed by atoms with E-state index >= 15 is 0 Å². The van der Waals surface area contributed by atoms with Crippen LogP contribution in [0, 0.1) is 5.41 Å². The molecule has 0 aliphatic heterocycles. The van der Waals surface area contributed by atoms with E-state index in [9.17, 15) is 14.7 Å². The van der Waals surface area contributed by atoms with Crippen LogP contribution in [0.3, 0.4) is 0 Å². The number of carbonyl (C=O) groups excluding carboxylic acids is 1. The highest BCUT2D eigenvalue weighted by Crippen LogP contribution is 2.36. The molecule has 1 fully saturated rings. The molecular formula is C12H22N2O4. The largest absolute Gasteiger partial charge is 0.479 e. The van der Waals surface area contributed by atoms with Crippen molar-refractivity contribution in [2.75, 3.05) is 6.54 Å². The number of amides is 2. The lowest BCUT2D eigenvalue weighted by Crippen LogP contribution is -2.52. The first-order valence-electron chi connectivity index (χ1n) is 6.15. The van der Waals surface area contributed by atoms with E-state index in [1.54, 1.807) is 0 Å². The third-order valence-electron chi connectivity index (χ3n) is 3.62. The summed E-state index contributed by atoms with van der Waals surface area (Å²) in [6.07, 6.45) is 3.06. The Balaban J connectivity index is 2.41. The van der Waals surface area contributed by atoms with Crippen LogP contribution in [0.5, 0.6) is 0 Å². The van der Waals surface area contributed by atoms with Gasteiger partial charge in [0, 0.05) is 6.04 Å². The molecule has 1 saturated carbocycles. The number of aliphatic hydroxyl groups is 1. The quantitative estimate of drug-likeness (QED) is 0.596. The van der Waals surface area contributed by atoms with Crippen molar-refractivity contribution in [2.45, 2.75) is 51.7 Å². The van der Waals surface area contributed by atoms with E-state index < -0.39 is 17.6 Å². The third-order valence-corrected chi connectivity index (χ3v) is 3.62. The maximum Gasteiger partial charge on any atom is 0.337 e. The highest BCUT2D eigenvalue weighted by atomic mass is 16.4. The zero-order valence-electron chi connectivity index (χ0n) is 11.1. The van der Waals surface area contributed by atoms with Crippen molar-refractivity contribution >= 4 is 12.0 Å². The number of hydrogen-bond donors (Lipinski definition) is 4. The van der Waals surface area contributed by atoms with Gasteiger partial charge in [-0.2, -0.15) is 0 Å². The molecule has 0 heterocycles. The number of carboxylic acids is 1. The standard InChI is InChI=1S/C12H22N2O4/c1-11(2)6-4-5-8(11)14-10(17)13-7-12(3,18)9(15)16/h8,18H,4-7H2,1-3H3,(H,15,16)(H2,13,14,17). The van der Waals surface area contributed by atoms with Crippen molar-refractivity contribution in [1.82, 2.24) is 10.6 Å². The minimum atomic E-state index is -1.94. The fourth-order valence-electron chi connectivity index (χ4n) is 2.13. The Labute approximate surface area is 107 Å². The first-order valence-corrected chi connectivity index (χ1v) is 6.15. The summed E-state index contributed by atoms with van der Waals surface area (Å²) in [6.45, 7) is 5.02.